The minimum Gasteiger partial charge on any atom is -0.458 e. The second kappa shape index (κ2) is 9.72. The van der Waals surface area contributed by atoms with Gasteiger partial charge >= 0.3 is 11.9 Å². The van der Waals surface area contributed by atoms with Crippen molar-refractivity contribution in [1.29, 1.82) is 0 Å². The van der Waals surface area contributed by atoms with Crippen LogP contribution in [0.2, 0.25) is 0 Å². The molecular weight excluding hydrogens is 424 g/mol. The minimum absolute atomic E-state index is 0.0647. The van der Waals surface area contributed by atoms with E-state index in [2.05, 4.69) is 27.0 Å². The Morgan fingerprint density at radius 2 is 1.85 bits per heavy atom. The first-order valence-electron chi connectivity index (χ1n) is 11.6. The van der Waals surface area contributed by atoms with Gasteiger partial charge in [0.2, 0.25) is 6.29 Å². The zero-order valence-electron chi connectivity index (χ0n) is 20.7. The van der Waals surface area contributed by atoms with Gasteiger partial charge in [-0.05, 0) is 49.0 Å². The predicted molar refractivity (Wildman–Crippen MR) is 123 cm³/mol. The number of allylic oxidation sites excluding steroid dienone is 2. The van der Waals surface area contributed by atoms with Crippen LogP contribution in [0.4, 0.5) is 0 Å². The van der Waals surface area contributed by atoms with E-state index in [4.69, 9.17) is 23.7 Å². The van der Waals surface area contributed by atoms with E-state index in [0.29, 0.717) is 6.42 Å². The number of ether oxygens (including phenoxy) is 5. The molecule has 2 aliphatic carbocycles. The highest BCUT2D eigenvalue weighted by molar-refractivity contribution is 5.67. The zero-order chi connectivity index (χ0) is 24.6. The van der Waals surface area contributed by atoms with Gasteiger partial charge in [0.15, 0.2) is 6.29 Å². The second-order valence-corrected chi connectivity index (χ2v) is 9.87. The number of hydrogen-bond donors (Lipinski definition) is 0. The third-order valence-electron chi connectivity index (χ3n) is 8.19. The van der Waals surface area contributed by atoms with Gasteiger partial charge in [-0.25, -0.2) is 0 Å². The normalized spacial score (nSPS) is 39.6. The van der Waals surface area contributed by atoms with Crippen LogP contribution in [0.15, 0.2) is 36.5 Å². The summed E-state index contributed by atoms with van der Waals surface area (Å²) in [4.78, 5) is 24.0. The first-order chi connectivity index (χ1) is 15.5. The van der Waals surface area contributed by atoms with E-state index < -0.39 is 30.1 Å². The average molecular weight is 463 g/mol. The molecule has 1 aliphatic heterocycles. The van der Waals surface area contributed by atoms with Crippen molar-refractivity contribution in [3.8, 4) is 0 Å². The molecule has 2 fully saturated rings. The maximum atomic E-state index is 12.1. The fourth-order valence-corrected chi connectivity index (χ4v) is 6.43. The van der Waals surface area contributed by atoms with Crippen LogP contribution in [0.25, 0.3) is 0 Å². The zero-order valence-corrected chi connectivity index (χ0v) is 20.7. The second-order valence-electron chi connectivity index (χ2n) is 9.87. The van der Waals surface area contributed by atoms with E-state index >= 15 is 0 Å². The van der Waals surface area contributed by atoms with Gasteiger partial charge in [0.05, 0.1) is 11.5 Å². The number of carbonyl (C=O) groups excluding carboxylic acids is 2. The first kappa shape index (κ1) is 25.7. The van der Waals surface area contributed by atoms with E-state index in [-0.39, 0.29) is 29.3 Å². The van der Waals surface area contributed by atoms with Crippen molar-refractivity contribution < 1.29 is 33.3 Å². The van der Waals surface area contributed by atoms with Gasteiger partial charge in [-0.3, -0.25) is 9.59 Å². The predicted octanol–water partition coefficient (Wildman–Crippen LogP) is 4.33. The van der Waals surface area contributed by atoms with Gasteiger partial charge in [-0.1, -0.05) is 38.7 Å². The van der Waals surface area contributed by atoms with Gasteiger partial charge in [0.1, 0.15) is 6.10 Å². The van der Waals surface area contributed by atoms with Crippen molar-refractivity contribution >= 4 is 11.9 Å². The molecule has 1 spiro atoms. The lowest BCUT2D eigenvalue weighted by atomic mass is 9.45. The largest absolute Gasteiger partial charge is 0.458 e. The van der Waals surface area contributed by atoms with Crippen molar-refractivity contribution in [2.24, 2.45) is 22.7 Å². The van der Waals surface area contributed by atoms with Gasteiger partial charge in [-0.2, -0.15) is 0 Å². The summed E-state index contributed by atoms with van der Waals surface area (Å²) in [5.41, 5.74) is 0.840. The molecule has 184 valence electrons. The Balaban J connectivity index is 2.21. The molecule has 7 heteroatoms. The topological polar surface area (TPSA) is 80.3 Å². The van der Waals surface area contributed by atoms with Crippen LogP contribution in [0.5, 0.6) is 0 Å². The van der Waals surface area contributed by atoms with Crippen molar-refractivity contribution in [3.05, 3.63) is 36.5 Å². The highest BCUT2D eigenvalue weighted by Crippen LogP contribution is 2.67. The Hall–Kier alpha value is -1.96. The van der Waals surface area contributed by atoms with Crippen LogP contribution >= 0.6 is 0 Å². The molecule has 3 rings (SSSR count). The molecule has 0 bridgehead atoms. The van der Waals surface area contributed by atoms with Crippen LogP contribution in [0, 0.1) is 22.7 Å². The quantitative estimate of drug-likeness (QED) is 0.302. The Morgan fingerprint density at radius 3 is 2.39 bits per heavy atom. The molecule has 0 amide bonds. The first-order valence-corrected chi connectivity index (χ1v) is 11.6. The summed E-state index contributed by atoms with van der Waals surface area (Å²) in [6, 6.07) is 0. The fraction of sp³-hybridized carbons (Fsp3) is 0.692. The number of methoxy groups -OCH3 is 2. The summed E-state index contributed by atoms with van der Waals surface area (Å²) in [6.07, 6.45) is 4.40. The van der Waals surface area contributed by atoms with Gasteiger partial charge in [0, 0.05) is 33.6 Å². The van der Waals surface area contributed by atoms with E-state index in [0.717, 1.165) is 30.4 Å². The Labute approximate surface area is 197 Å². The Kier molecular flexibility index (Phi) is 7.56. The van der Waals surface area contributed by atoms with E-state index in [1.54, 1.807) is 20.3 Å². The summed E-state index contributed by atoms with van der Waals surface area (Å²) in [5, 5.41) is 0. The van der Waals surface area contributed by atoms with Crippen LogP contribution < -0.4 is 0 Å². The summed E-state index contributed by atoms with van der Waals surface area (Å²) in [7, 11) is 3.24. The van der Waals surface area contributed by atoms with E-state index in [1.807, 2.05) is 6.08 Å². The van der Waals surface area contributed by atoms with Gasteiger partial charge < -0.3 is 23.7 Å². The van der Waals surface area contributed by atoms with Crippen molar-refractivity contribution in [2.45, 2.75) is 78.2 Å². The Morgan fingerprint density at radius 1 is 1.18 bits per heavy atom. The molecule has 0 aromatic rings. The van der Waals surface area contributed by atoms with Crippen LogP contribution in [0.3, 0.4) is 0 Å². The molecule has 0 N–H and O–H groups in total. The number of hydrogen-bond acceptors (Lipinski definition) is 7. The molecule has 1 saturated heterocycles. The summed E-state index contributed by atoms with van der Waals surface area (Å²) in [6.45, 7) is 15.3. The third-order valence-corrected chi connectivity index (χ3v) is 8.19. The maximum Gasteiger partial charge on any atom is 0.304 e. The number of carbonyl (C=O) groups is 2. The molecule has 1 heterocycles. The smallest absolute Gasteiger partial charge is 0.304 e. The summed E-state index contributed by atoms with van der Waals surface area (Å²) >= 11 is 0. The summed E-state index contributed by atoms with van der Waals surface area (Å²) < 4.78 is 29.5. The maximum absolute atomic E-state index is 12.1. The Bertz CT molecular complexity index is 832. The van der Waals surface area contributed by atoms with E-state index in [1.165, 1.54) is 13.8 Å². The number of esters is 2. The molecule has 0 radical (unpaired) electrons. The summed E-state index contributed by atoms with van der Waals surface area (Å²) in [5.74, 6) is -0.554. The van der Waals surface area contributed by atoms with Gasteiger partial charge in [-0.15, -0.1) is 0 Å². The van der Waals surface area contributed by atoms with Crippen molar-refractivity contribution in [1.82, 2.24) is 0 Å². The fourth-order valence-electron chi connectivity index (χ4n) is 6.43. The van der Waals surface area contributed by atoms with Crippen LogP contribution in [-0.2, 0) is 33.3 Å². The highest BCUT2D eigenvalue weighted by Gasteiger charge is 2.71. The molecule has 8 atom stereocenters. The molecule has 0 aromatic heterocycles. The number of rotatable bonds is 8. The lowest BCUT2D eigenvalue weighted by Crippen LogP contribution is -2.63. The van der Waals surface area contributed by atoms with Crippen LogP contribution in [-0.4, -0.2) is 50.9 Å². The molecule has 0 aromatic carbocycles. The van der Waals surface area contributed by atoms with E-state index in [9.17, 15) is 9.59 Å². The monoisotopic (exact) mass is 462 g/mol. The standard InChI is InChI=1S/C26H38O7/c1-9-15(2)10-11-25(6)16(3)12-22(29-7)26-20(13-19(14-21(25)26)31-17(4)27)23(30-8)33-24(26)32-18(5)28/h9,13,16,19,21-24H,1-2,10-12,14H2,3-8H3/t16-,19-,21-,22-,23-,24+,25+,26+/m0/s1. The molecule has 7 nitrogen and oxygen atoms in total. The molecule has 33 heavy (non-hydrogen) atoms. The molecular formula is C26H38O7. The molecule has 3 aliphatic rings. The minimum atomic E-state index is -0.867. The highest BCUT2D eigenvalue weighted by atomic mass is 16.8. The lowest BCUT2D eigenvalue weighted by molar-refractivity contribution is -0.258. The SMILES string of the molecule is C=CC(=C)CC[C@]1(C)[C@@H](C)C[C@H](OC)[C@@]23C(=C[C@H](OC(C)=O)C[C@@H]12)[C@@H](OC)O[C@H]3OC(C)=O. The van der Waals surface area contributed by atoms with Crippen molar-refractivity contribution in [2.75, 3.05) is 14.2 Å². The van der Waals surface area contributed by atoms with Crippen molar-refractivity contribution in [3.63, 3.8) is 0 Å². The van der Waals surface area contributed by atoms with Crippen LogP contribution in [0.1, 0.15) is 53.4 Å². The molecule has 0 unspecified atom stereocenters. The average Bonchev–Trinajstić information content (AvgIpc) is 3.06. The molecule has 1 saturated carbocycles. The third kappa shape index (κ3) is 4.31. The lowest BCUT2D eigenvalue weighted by Gasteiger charge is -2.61. The van der Waals surface area contributed by atoms with Gasteiger partial charge in [0.25, 0.3) is 0 Å².